The van der Waals surface area contributed by atoms with E-state index in [0.29, 0.717) is 25.1 Å². The van der Waals surface area contributed by atoms with Gasteiger partial charge in [-0.05, 0) is 36.5 Å². The third-order valence-electron chi connectivity index (χ3n) is 3.85. The van der Waals surface area contributed by atoms with Crippen molar-refractivity contribution in [2.75, 3.05) is 13.1 Å². The fourth-order valence-electron chi connectivity index (χ4n) is 2.63. The number of piperidine rings is 1. The van der Waals surface area contributed by atoms with E-state index in [1.54, 1.807) is 29.2 Å². The van der Waals surface area contributed by atoms with E-state index in [1.165, 1.54) is 0 Å². The van der Waals surface area contributed by atoms with Crippen LogP contribution in [0.2, 0.25) is 0 Å². The van der Waals surface area contributed by atoms with Crippen molar-refractivity contribution in [1.29, 1.82) is 5.26 Å². The standard InChI is InChI=1S/C16H18N2O3/c17-8-5-12-1-3-14(4-2-12)16(21)18-9-6-13(7-10-18)11-15(19)20/h1-4,13H,5-7,9-11H2,(H,19,20). The van der Waals surface area contributed by atoms with E-state index in [1.807, 2.05) is 0 Å². The Bertz CT molecular complexity index is 552. The molecule has 2 rings (SSSR count). The molecule has 0 spiro atoms. The number of aliphatic carboxylic acids is 1. The summed E-state index contributed by atoms with van der Waals surface area (Å²) >= 11 is 0. The summed E-state index contributed by atoms with van der Waals surface area (Å²) in [5.41, 5.74) is 1.52. The van der Waals surface area contributed by atoms with Crippen molar-refractivity contribution in [2.24, 2.45) is 5.92 Å². The highest BCUT2D eigenvalue weighted by Gasteiger charge is 2.24. The van der Waals surface area contributed by atoms with Crippen LogP contribution in [-0.2, 0) is 11.2 Å². The molecule has 0 saturated carbocycles. The number of rotatable bonds is 4. The first-order chi connectivity index (χ1) is 10.1. The van der Waals surface area contributed by atoms with E-state index in [0.717, 1.165) is 18.4 Å². The average molecular weight is 286 g/mol. The molecule has 0 aliphatic carbocycles. The van der Waals surface area contributed by atoms with E-state index in [-0.39, 0.29) is 18.2 Å². The number of likely N-dealkylation sites (tertiary alicyclic amines) is 1. The quantitative estimate of drug-likeness (QED) is 0.918. The van der Waals surface area contributed by atoms with Crippen LogP contribution in [0.25, 0.3) is 0 Å². The second-order valence-corrected chi connectivity index (χ2v) is 5.37. The Labute approximate surface area is 123 Å². The van der Waals surface area contributed by atoms with Crippen molar-refractivity contribution in [3.05, 3.63) is 35.4 Å². The largest absolute Gasteiger partial charge is 0.481 e. The number of amides is 1. The zero-order chi connectivity index (χ0) is 15.2. The minimum absolute atomic E-state index is 0.0210. The smallest absolute Gasteiger partial charge is 0.303 e. The van der Waals surface area contributed by atoms with Crippen molar-refractivity contribution in [1.82, 2.24) is 4.90 Å². The van der Waals surface area contributed by atoms with Crippen LogP contribution in [0.3, 0.4) is 0 Å². The second-order valence-electron chi connectivity index (χ2n) is 5.37. The van der Waals surface area contributed by atoms with E-state index < -0.39 is 5.97 Å². The molecule has 21 heavy (non-hydrogen) atoms. The molecule has 5 nitrogen and oxygen atoms in total. The number of carboxylic acid groups (broad SMARTS) is 1. The van der Waals surface area contributed by atoms with Crippen LogP contribution < -0.4 is 0 Å². The fourth-order valence-corrected chi connectivity index (χ4v) is 2.63. The van der Waals surface area contributed by atoms with Gasteiger partial charge in [0.2, 0.25) is 0 Å². The first-order valence-electron chi connectivity index (χ1n) is 7.07. The van der Waals surface area contributed by atoms with Crippen molar-refractivity contribution in [3.8, 4) is 6.07 Å². The SMILES string of the molecule is N#CCc1ccc(C(=O)N2CCC(CC(=O)O)CC2)cc1. The van der Waals surface area contributed by atoms with E-state index >= 15 is 0 Å². The normalized spacial score (nSPS) is 15.5. The maximum atomic E-state index is 12.3. The number of nitriles is 1. The Morgan fingerprint density at radius 1 is 1.24 bits per heavy atom. The molecule has 1 amide bonds. The third-order valence-corrected chi connectivity index (χ3v) is 3.85. The highest BCUT2D eigenvalue weighted by Crippen LogP contribution is 2.22. The lowest BCUT2D eigenvalue weighted by Gasteiger charge is -2.31. The van der Waals surface area contributed by atoms with Crippen LogP contribution >= 0.6 is 0 Å². The molecule has 1 aliphatic rings. The summed E-state index contributed by atoms with van der Waals surface area (Å²) in [6.07, 6.45) is 2.01. The monoisotopic (exact) mass is 286 g/mol. The van der Waals surface area contributed by atoms with E-state index in [2.05, 4.69) is 6.07 Å². The Hall–Kier alpha value is -2.35. The maximum Gasteiger partial charge on any atom is 0.303 e. The van der Waals surface area contributed by atoms with Gasteiger partial charge in [-0.15, -0.1) is 0 Å². The molecule has 1 heterocycles. The summed E-state index contributed by atoms with van der Waals surface area (Å²) in [5.74, 6) is -0.621. The van der Waals surface area contributed by atoms with Gasteiger partial charge in [0.05, 0.1) is 12.5 Å². The predicted octanol–water partition coefficient (Wildman–Crippen LogP) is 2.08. The molecule has 0 radical (unpaired) electrons. The number of carbonyl (C=O) groups is 2. The number of hydrogen-bond donors (Lipinski definition) is 1. The third kappa shape index (κ3) is 4.06. The van der Waals surface area contributed by atoms with Crippen molar-refractivity contribution >= 4 is 11.9 Å². The lowest BCUT2D eigenvalue weighted by Crippen LogP contribution is -2.38. The Morgan fingerprint density at radius 2 is 1.86 bits per heavy atom. The molecule has 0 unspecified atom stereocenters. The van der Waals surface area contributed by atoms with Crippen molar-refractivity contribution in [2.45, 2.75) is 25.7 Å². The Morgan fingerprint density at radius 3 is 2.38 bits per heavy atom. The molecule has 5 heteroatoms. The number of carbonyl (C=O) groups excluding carboxylic acids is 1. The van der Waals surface area contributed by atoms with Gasteiger partial charge in [0.15, 0.2) is 0 Å². The zero-order valence-electron chi connectivity index (χ0n) is 11.8. The molecule has 0 aromatic heterocycles. The summed E-state index contributed by atoms with van der Waals surface area (Å²) in [5, 5.41) is 17.4. The summed E-state index contributed by atoms with van der Waals surface area (Å²) < 4.78 is 0. The van der Waals surface area contributed by atoms with Gasteiger partial charge in [-0.2, -0.15) is 5.26 Å². The van der Waals surface area contributed by atoms with Crippen LogP contribution in [0.1, 0.15) is 35.2 Å². The molecule has 1 saturated heterocycles. The van der Waals surface area contributed by atoms with Gasteiger partial charge in [0.1, 0.15) is 0 Å². The highest BCUT2D eigenvalue weighted by atomic mass is 16.4. The molecule has 1 aliphatic heterocycles. The Balaban J connectivity index is 1.92. The van der Waals surface area contributed by atoms with Crippen molar-refractivity contribution in [3.63, 3.8) is 0 Å². The lowest BCUT2D eigenvalue weighted by molar-refractivity contribution is -0.138. The number of hydrogen-bond acceptors (Lipinski definition) is 3. The molecule has 0 atom stereocenters. The highest BCUT2D eigenvalue weighted by molar-refractivity contribution is 5.94. The summed E-state index contributed by atoms with van der Waals surface area (Å²) in [6.45, 7) is 1.22. The van der Waals surface area contributed by atoms with Crippen molar-refractivity contribution < 1.29 is 14.7 Å². The molecule has 1 fully saturated rings. The van der Waals surface area contributed by atoms with E-state index in [4.69, 9.17) is 10.4 Å². The number of benzene rings is 1. The molecular formula is C16H18N2O3. The zero-order valence-corrected chi connectivity index (χ0v) is 11.8. The number of nitrogens with zero attached hydrogens (tertiary/aromatic N) is 2. The second kappa shape index (κ2) is 6.89. The van der Waals surface area contributed by atoms with Gasteiger partial charge in [-0.1, -0.05) is 12.1 Å². The van der Waals surface area contributed by atoms with Gasteiger partial charge in [-0.3, -0.25) is 9.59 Å². The maximum absolute atomic E-state index is 12.3. The molecular weight excluding hydrogens is 268 g/mol. The van der Waals surface area contributed by atoms with Gasteiger partial charge < -0.3 is 10.0 Å². The molecule has 1 N–H and O–H groups in total. The minimum atomic E-state index is -0.771. The summed E-state index contributed by atoms with van der Waals surface area (Å²) in [4.78, 5) is 24.8. The van der Waals surface area contributed by atoms with Gasteiger partial charge in [0.25, 0.3) is 5.91 Å². The topological polar surface area (TPSA) is 81.4 Å². The Kier molecular flexibility index (Phi) is 4.94. The molecule has 110 valence electrons. The molecule has 0 bridgehead atoms. The summed E-state index contributed by atoms with van der Waals surface area (Å²) in [6, 6.07) is 9.17. The first-order valence-corrected chi connectivity index (χ1v) is 7.07. The van der Waals surface area contributed by atoms with Gasteiger partial charge in [-0.25, -0.2) is 0 Å². The van der Waals surface area contributed by atoms with Gasteiger partial charge >= 0.3 is 5.97 Å². The molecule has 1 aromatic carbocycles. The fraction of sp³-hybridized carbons (Fsp3) is 0.438. The number of carboxylic acids is 1. The average Bonchev–Trinajstić information content (AvgIpc) is 2.48. The van der Waals surface area contributed by atoms with Crippen LogP contribution in [0, 0.1) is 17.2 Å². The van der Waals surface area contributed by atoms with Crippen LogP contribution in [0.4, 0.5) is 0 Å². The van der Waals surface area contributed by atoms with Crippen LogP contribution in [0.15, 0.2) is 24.3 Å². The van der Waals surface area contributed by atoms with E-state index in [9.17, 15) is 9.59 Å². The van der Waals surface area contributed by atoms with Crippen LogP contribution in [-0.4, -0.2) is 35.0 Å². The van der Waals surface area contributed by atoms with Crippen LogP contribution in [0.5, 0.6) is 0 Å². The first kappa shape index (κ1) is 15.0. The summed E-state index contributed by atoms with van der Waals surface area (Å²) in [7, 11) is 0. The lowest BCUT2D eigenvalue weighted by atomic mass is 9.93. The molecule has 1 aromatic rings. The predicted molar refractivity (Wildman–Crippen MR) is 76.6 cm³/mol. The minimum Gasteiger partial charge on any atom is -0.481 e. The van der Waals surface area contributed by atoms with Gasteiger partial charge in [0, 0.05) is 25.1 Å².